The minimum Gasteiger partial charge on any atom is -0.493 e. The topological polar surface area (TPSA) is 28.9 Å². The fourth-order valence-electron chi connectivity index (χ4n) is 3.28. The zero-order chi connectivity index (χ0) is 20.6. The van der Waals surface area contributed by atoms with Crippen molar-refractivity contribution in [3.8, 4) is 5.75 Å². The summed E-state index contributed by atoms with van der Waals surface area (Å²) in [6, 6.07) is 16.6. The van der Waals surface area contributed by atoms with Crippen LogP contribution in [0.25, 0.3) is 23.1 Å². The molecule has 2 aromatic carbocycles. The van der Waals surface area contributed by atoms with Crippen LogP contribution in [0.5, 0.6) is 5.75 Å². The molecule has 1 aromatic heterocycles. The van der Waals surface area contributed by atoms with E-state index in [9.17, 15) is 0 Å². The highest BCUT2D eigenvalue weighted by Crippen LogP contribution is 2.25. The first-order valence-corrected chi connectivity index (χ1v) is 10.4. The monoisotopic (exact) mass is 392 g/mol. The van der Waals surface area contributed by atoms with Crippen molar-refractivity contribution in [3.63, 3.8) is 0 Å². The van der Waals surface area contributed by atoms with Crippen LogP contribution in [0.2, 0.25) is 0 Å². The van der Waals surface area contributed by atoms with Crippen LogP contribution >= 0.6 is 0 Å². The number of rotatable bonds is 10. The lowest BCUT2D eigenvalue weighted by atomic mass is 10.1. The highest BCUT2D eigenvalue weighted by molar-refractivity contribution is 5.83. The number of furan rings is 1. The van der Waals surface area contributed by atoms with Crippen LogP contribution in [0.15, 0.2) is 52.9 Å². The van der Waals surface area contributed by atoms with Crippen molar-refractivity contribution in [2.24, 2.45) is 0 Å². The van der Waals surface area contributed by atoms with Crippen LogP contribution in [0, 0.1) is 0 Å². The van der Waals surface area contributed by atoms with Crippen molar-refractivity contribution in [1.29, 1.82) is 0 Å². The van der Waals surface area contributed by atoms with Gasteiger partial charge in [0.15, 0.2) is 0 Å². The molecule has 4 nitrogen and oxygen atoms in total. The molecule has 0 fully saturated rings. The van der Waals surface area contributed by atoms with Crippen molar-refractivity contribution in [2.75, 3.05) is 45.2 Å². The molecular formula is C25H32N2O2. The molecule has 154 valence electrons. The molecule has 29 heavy (non-hydrogen) atoms. The van der Waals surface area contributed by atoms with Gasteiger partial charge in [-0.3, -0.25) is 0 Å². The van der Waals surface area contributed by atoms with Crippen LogP contribution in [0.3, 0.4) is 0 Å². The summed E-state index contributed by atoms with van der Waals surface area (Å²) in [5, 5.41) is 1.09. The molecule has 0 aliphatic rings. The maximum absolute atomic E-state index is 5.99. The van der Waals surface area contributed by atoms with Crippen molar-refractivity contribution < 1.29 is 9.15 Å². The summed E-state index contributed by atoms with van der Waals surface area (Å²) >= 11 is 0. The second-order valence-corrected chi connectivity index (χ2v) is 7.40. The Morgan fingerprint density at radius 2 is 1.69 bits per heavy atom. The van der Waals surface area contributed by atoms with Crippen molar-refractivity contribution in [1.82, 2.24) is 4.90 Å². The molecule has 0 atom stereocenters. The van der Waals surface area contributed by atoms with E-state index in [-0.39, 0.29) is 0 Å². The van der Waals surface area contributed by atoms with Gasteiger partial charge in [0.05, 0.1) is 6.61 Å². The molecule has 3 rings (SSSR count). The van der Waals surface area contributed by atoms with Gasteiger partial charge in [-0.2, -0.15) is 0 Å². The molecule has 0 unspecified atom stereocenters. The molecule has 0 spiro atoms. The largest absolute Gasteiger partial charge is 0.493 e. The summed E-state index contributed by atoms with van der Waals surface area (Å²) in [5.41, 5.74) is 3.19. The van der Waals surface area contributed by atoms with Gasteiger partial charge >= 0.3 is 0 Å². The third kappa shape index (κ3) is 5.88. The standard InChI is InChI=1S/C25H32N2O2/c1-5-27(6-2)16-7-17-28-23-15-11-21-18-24(29-25(21)19-23)14-10-20-8-12-22(13-9-20)26(3)4/h8-15,18-19H,5-7,16-17H2,1-4H3. The number of anilines is 1. The Hall–Kier alpha value is -2.72. The molecule has 0 bridgehead atoms. The number of benzene rings is 2. The predicted molar refractivity (Wildman–Crippen MR) is 124 cm³/mol. The van der Waals surface area contributed by atoms with Gasteiger partial charge in [-0.25, -0.2) is 0 Å². The van der Waals surface area contributed by atoms with Crippen LogP contribution in [0.4, 0.5) is 5.69 Å². The van der Waals surface area contributed by atoms with Crippen molar-refractivity contribution >= 4 is 28.8 Å². The Balaban J connectivity index is 1.60. The molecule has 0 aliphatic heterocycles. The van der Waals surface area contributed by atoms with E-state index in [1.165, 1.54) is 5.69 Å². The van der Waals surface area contributed by atoms with Gasteiger partial charge in [0.1, 0.15) is 17.1 Å². The van der Waals surface area contributed by atoms with E-state index in [1.54, 1.807) is 0 Å². The van der Waals surface area contributed by atoms with E-state index in [0.29, 0.717) is 0 Å². The highest BCUT2D eigenvalue weighted by Gasteiger charge is 2.05. The molecule has 0 radical (unpaired) electrons. The van der Waals surface area contributed by atoms with E-state index < -0.39 is 0 Å². The van der Waals surface area contributed by atoms with Crippen LogP contribution in [0.1, 0.15) is 31.6 Å². The summed E-state index contributed by atoms with van der Waals surface area (Å²) in [4.78, 5) is 4.50. The first-order chi connectivity index (χ1) is 14.1. The lowest BCUT2D eigenvalue weighted by Gasteiger charge is -2.17. The maximum Gasteiger partial charge on any atom is 0.138 e. The van der Waals surface area contributed by atoms with E-state index in [2.05, 4.69) is 66.1 Å². The first kappa shape index (κ1) is 21.0. The van der Waals surface area contributed by atoms with Gasteiger partial charge in [0, 0.05) is 37.8 Å². The van der Waals surface area contributed by atoms with Gasteiger partial charge in [0.2, 0.25) is 0 Å². The zero-order valence-electron chi connectivity index (χ0n) is 18.0. The number of nitrogens with zero attached hydrogens (tertiary/aromatic N) is 2. The fraction of sp³-hybridized carbons (Fsp3) is 0.360. The second kappa shape index (κ2) is 10.2. The quantitative estimate of drug-likeness (QED) is 0.409. The van der Waals surface area contributed by atoms with Crippen LogP contribution < -0.4 is 9.64 Å². The first-order valence-electron chi connectivity index (χ1n) is 10.4. The highest BCUT2D eigenvalue weighted by atomic mass is 16.5. The van der Waals surface area contributed by atoms with Gasteiger partial charge in [-0.05, 0) is 61.5 Å². The van der Waals surface area contributed by atoms with Crippen LogP contribution in [-0.2, 0) is 0 Å². The molecule has 0 N–H and O–H groups in total. The van der Waals surface area contributed by atoms with Gasteiger partial charge in [-0.15, -0.1) is 0 Å². The molecule has 1 heterocycles. The Labute approximate surface area is 174 Å². The summed E-state index contributed by atoms with van der Waals surface area (Å²) in [6.07, 6.45) is 5.11. The third-order valence-electron chi connectivity index (χ3n) is 5.14. The summed E-state index contributed by atoms with van der Waals surface area (Å²) in [6.45, 7) is 8.36. The average molecular weight is 393 g/mol. The van der Waals surface area contributed by atoms with Crippen molar-refractivity contribution in [2.45, 2.75) is 20.3 Å². The summed E-state index contributed by atoms with van der Waals surface area (Å²) in [7, 11) is 4.09. The smallest absolute Gasteiger partial charge is 0.138 e. The molecule has 0 saturated carbocycles. The van der Waals surface area contributed by atoms with Gasteiger partial charge in [0.25, 0.3) is 0 Å². The minimum atomic E-state index is 0.721. The molecule has 0 amide bonds. The Kier molecular flexibility index (Phi) is 7.36. The third-order valence-corrected chi connectivity index (χ3v) is 5.14. The summed E-state index contributed by atoms with van der Waals surface area (Å²) < 4.78 is 11.9. The Morgan fingerprint density at radius 3 is 2.38 bits per heavy atom. The number of ether oxygens (including phenoxy) is 1. The van der Waals surface area contributed by atoms with E-state index >= 15 is 0 Å². The Bertz CT molecular complexity index is 922. The molecule has 0 saturated heterocycles. The number of fused-ring (bicyclic) bond motifs is 1. The zero-order valence-corrected chi connectivity index (χ0v) is 18.0. The lowest BCUT2D eigenvalue weighted by molar-refractivity contribution is 0.249. The minimum absolute atomic E-state index is 0.721. The van der Waals surface area contributed by atoms with E-state index in [1.807, 2.05) is 32.3 Å². The number of hydrogen-bond donors (Lipinski definition) is 0. The van der Waals surface area contributed by atoms with E-state index in [0.717, 1.165) is 60.7 Å². The van der Waals surface area contributed by atoms with Crippen LogP contribution in [-0.4, -0.2) is 45.2 Å². The maximum atomic E-state index is 5.99. The molecule has 0 aliphatic carbocycles. The van der Waals surface area contributed by atoms with Crippen molar-refractivity contribution in [3.05, 3.63) is 59.9 Å². The average Bonchev–Trinajstić information content (AvgIpc) is 3.15. The summed E-state index contributed by atoms with van der Waals surface area (Å²) in [5.74, 6) is 1.71. The van der Waals surface area contributed by atoms with Gasteiger partial charge < -0.3 is 19.0 Å². The lowest BCUT2D eigenvalue weighted by Crippen LogP contribution is -2.25. The fourth-order valence-corrected chi connectivity index (χ4v) is 3.28. The number of hydrogen-bond acceptors (Lipinski definition) is 4. The SMILES string of the molecule is CCN(CC)CCCOc1ccc2cc(C=Cc3ccc(N(C)C)cc3)oc2c1. The molecule has 4 heteroatoms. The normalized spacial score (nSPS) is 11.6. The van der Waals surface area contributed by atoms with E-state index in [4.69, 9.17) is 9.15 Å². The second-order valence-electron chi connectivity index (χ2n) is 7.40. The Morgan fingerprint density at radius 1 is 0.931 bits per heavy atom. The molecular weight excluding hydrogens is 360 g/mol. The predicted octanol–water partition coefficient (Wildman–Crippen LogP) is 5.78. The molecule has 3 aromatic rings. The van der Waals surface area contributed by atoms with Gasteiger partial charge in [-0.1, -0.05) is 32.1 Å².